The molecule has 1 heterocycles. The molecule has 1 unspecified atom stereocenters. The van der Waals surface area contributed by atoms with Crippen molar-refractivity contribution in [1.29, 1.82) is 0 Å². The molecule has 33 heavy (non-hydrogen) atoms. The van der Waals surface area contributed by atoms with E-state index in [0.717, 1.165) is 12.1 Å². The van der Waals surface area contributed by atoms with Crippen LogP contribution >= 0.6 is 35.4 Å². The highest BCUT2D eigenvalue weighted by molar-refractivity contribution is 7.80. The third kappa shape index (κ3) is 6.23. The van der Waals surface area contributed by atoms with Crippen LogP contribution in [-0.4, -0.2) is 62.0 Å². The van der Waals surface area contributed by atoms with Gasteiger partial charge in [-0.05, 0) is 56.0 Å². The number of nitrogens with zero attached hydrogens (tertiary/aromatic N) is 3. The maximum atomic E-state index is 13.3. The van der Waals surface area contributed by atoms with Gasteiger partial charge in [0.05, 0.1) is 11.4 Å². The fourth-order valence-electron chi connectivity index (χ4n) is 3.92. The average molecular weight is 507 g/mol. The zero-order chi connectivity index (χ0) is 24.3. The summed E-state index contributed by atoms with van der Waals surface area (Å²) in [6, 6.07) is 12.8. The predicted octanol–water partition coefficient (Wildman–Crippen LogP) is 4.19. The number of aliphatic imine (C=N–C) groups is 1. The maximum Gasteiger partial charge on any atom is 0.272 e. The Balaban J connectivity index is 1.95. The highest BCUT2D eigenvalue weighted by Gasteiger charge is 2.31. The van der Waals surface area contributed by atoms with Crippen molar-refractivity contribution >= 4 is 57.8 Å². The van der Waals surface area contributed by atoms with Gasteiger partial charge in [0.2, 0.25) is 6.17 Å². The van der Waals surface area contributed by atoms with Gasteiger partial charge in [0, 0.05) is 41.3 Å². The molecule has 0 aromatic heterocycles. The van der Waals surface area contributed by atoms with Gasteiger partial charge in [0.15, 0.2) is 5.11 Å². The van der Waals surface area contributed by atoms with Gasteiger partial charge in [0.1, 0.15) is 0 Å². The van der Waals surface area contributed by atoms with E-state index in [9.17, 15) is 4.79 Å². The monoisotopic (exact) mass is 505 g/mol. The third-order valence-corrected chi connectivity index (χ3v) is 6.09. The van der Waals surface area contributed by atoms with Gasteiger partial charge >= 0.3 is 0 Å². The molecule has 176 valence electrons. The van der Waals surface area contributed by atoms with Crippen LogP contribution in [0.25, 0.3) is 0 Å². The molecule has 2 aromatic rings. The number of thiocarbonyl (C=S) groups is 1. The van der Waals surface area contributed by atoms with Crippen molar-refractivity contribution in [2.45, 2.75) is 20.0 Å². The van der Waals surface area contributed by atoms with Gasteiger partial charge in [0.25, 0.3) is 5.91 Å². The van der Waals surface area contributed by atoms with Gasteiger partial charge in [-0.1, -0.05) is 55.2 Å². The first-order valence-electron chi connectivity index (χ1n) is 10.6. The molecule has 0 radical (unpaired) electrons. The molecule has 3 rings (SSSR count). The molecule has 0 bridgehead atoms. The van der Waals surface area contributed by atoms with Crippen molar-refractivity contribution < 1.29 is 4.79 Å². The molecule has 9 heteroatoms. The Hall–Kier alpha value is -2.19. The number of rotatable bonds is 6. The molecule has 2 N–H and O–H groups in total. The fourth-order valence-corrected chi connectivity index (χ4v) is 4.50. The Morgan fingerprint density at radius 1 is 1.18 bits per heavy atom. The summed E-state index contributed by atoms with van der Waals surface area (Å²) < 4.78 is 0. The molecule has 0 aliphatic carbocycles. The summed E-state index contributed by atoms with van der Waals surface area (Å²) in [5.74, 6) is -0.239. The van der Waals surface area contributed by atoms with Crippen molar-refractivity contribution in [3.63, 3.8) is 0 Å². The summed E-state index contributed by atoms with van der Waals surface area (Å²) in [6.07, 6.45) is -0.926. The summed E-state index contributed by atoms with van der Waals surface area (Å²) in [5.41, 5.74) is 2.69. The second kappa shape index (κ2) is 10.4. The number of likely N-dealkylation sites (N-methyl/N-ethyl adjacent to an activating group) is 1. The Morgan fingerprint density at radius 2 is 1.88 bits per heavy atom. The summed E-state index contributed by atoms with van der Waals surface area (Å²) in [5, 5.41) is 7.75. The Morgan fingerprint density at radius 3 is 2.55 bits per heavy atom. The number of halogens is 2. The number of hydrogen-bond acceptors (Lipinski definition) is 4. The molecule has 0 saturated carbocycles. The van der Waals surface area contributed by atoms with Crippen LogP contribution in [0.1, 0.15) is 25.0 Å². The zero-order valence-corrected chi connectivity index (χ0v) is 21.8. The smallest absolute Gasteiger partial charge is 0.272 e. The summed E-state index contributed by atoms with van der Waals surface area (Å²) >= 11 is 18.3. The van der Waals surface area contributed by atoms with Crippen molar-refractivity contribution in [2.75, 3.05) is 39.1 Å². The van der Waals surface area contributed by atoms with Crippen molar-refractivity contribution in [3.8, 4) is 0 Å². The van der Waals surface area contributed by atoms with E-state index in [1.807, 2.05) is 38.4 Å². The first-order valence-corrected chi connectivity index (χ1v) is 11.7. The maximum absolute atomic E-state index is 13.3. The van der Waals surface area contributed by atoms with E-state index in [0.29, 0.717) is 38.7 Å². The van der Waals surface area contributed by atoms with Crippen LogP contribution in [0.2, 0.25) is 10.0 Å². The topological polar surface area (TPSA) is 60.0 Å². The number of benzene rings is 2. The predicted molar refractivity (Wildman–Crippen MR) is 142 cm³/mol. The Labute approximate surface area is 211 Å². The number of fused-ring (bicyclic) bond motifs is 1. The van der Waals surface area contributed by atoms with Crippen molar-refractivity contribution in [2.24, 2.45) is 10.4 Å². The lowest BCUT2D eigenvalue weighted by molar-refractivity contribution is -0.119. The van der Waals surface area contributed by atoms with Crippen LogP contribution in [0.3, 0.4) is 0 Å². The molecule has 0 spiro atoms. The molecular weight excluding hydrogens is 477 g/mol. The van der Waals surface area contributed by atoms with Crippen molar-refractivity contribution in [3.05, 3.63) is 63.6 Å². The first-order chi connectivity index (χ1) is 15.5. The number of hydrogen-bond donors (Lipinski definition) is 2. The van der Waals surface area contributed by atoms with E-state index >= 15 is 0 Å². The van der Waals surface area contributed by atoms with Gasteiger partial charge < -0.3 is 20.4 Å². The van der Waals surface area contributed by atoms with Crippen LogP contribution < -0.4 is 15.5 Å². The van der Waals surface area contributed by atoms with Gasteiger partial charge in [-0.3, -0.25) is 4.79 Å². The molecule has 1 atom stereocenters. The van der Waals surface area contributed by atoms with E-state index in [-0.39, 0.29) is 11.3 Å². The Bertz CT molecular complexity index is 1090. The van der Waals surface area contributed by atoms with Gasteiger partial charge in [-0.2, -0.15) is 0 Å². The molecule has 6 nitrogen and oxygen atoms in total. The third-order valence-electron chi connectivity index (χ3n) is 5.27. The second-order valence-corrected chi connectivity index (χ2v) is 10.4. The minimum absolute atomic E-state index is 0.0154. The quantitative estimate of drug-likeness (QED) is 0.576. The van der Waals surface area contributed by atoms with E-state index in [4.69, 9.17) is 40.4 Å². The lowest BCUT2D eigenvalue weighted by atomic mass is 9.93. The van der Waals surface area contributed by atoms with E-state index in [1.54, 1.807) is 30.1 Å². The molecular formula is C24H29Cl2N5OS. The average Bonchev–Trinajstić information content (AvgIpc) is 2.82. The van der Waals surface area contributed by atoms with Crippen LogP contribution in [0.4, 0.5) is 5.69 Å². The second-order valence-electron chi connectivity index (χ2n) is 9.15. The molecule has 1 amide bonds. The van der Waals surface area contributed by atoms with Gasteiger partial charge in [-0.25, -0.2) is 4.99 Å². The molecule has 1 aliphatic rings. The van der Waals surface area contributed by atoms with Crippen LogP contribution in [-0.2, 0) is 4.79 Å². The van der Waals surface area contributed by atoms with Crippen LogP contribution in [0.15, 0.2) is 47.5 Å². The normalized spacial score (nSPS) is 16.2. The van der Waals surface area contributed by atoms with E-state index < -0.39 is 6.17 Å². The minimum atomic E-state index is -0.926. The number of amides is 1. The number of nitrogens with one attached hydrogen (secondary N) is 2. The zero-order valence-electron chi connectivity index (χ0n) is 19.4. The molecule has 0 fully saturated rings. The standard InChI is InChI=1S/C24H29Cl2N5OS/c1-24(2,14-30(3)4)13-27-23(33)29-21-22(32)31(5)19-11-10-15(25)12-17(19)20(28-21)16-8-6-7-9-18(16)26/h6-12,21H,13-14H2,1-5H3,(H2,27,29,33). The van der Waals surface area contributed by atoms with E-state index in [2.05, 4.69) is 29.4 Å². The first kappa shape index (κ1) is 25.4. The van der Waals surface area contributed by atoms with E-state index in [1.165, 1.54) is 0 Å². The van der Waals surface area contributed by atoms with Gasteiger partial charge in [-0.15, -0.1) is 0 Å². The van der Waals surface area contributed by atoms with Crippen LogP contribution in [0, 0.1) is 5.41 Å². The lowest BCUT2D eigenvalue weighted by Crippen LogP contribution is -2.51. The number of carbonyl (C=O) groups is 1. The largest absolute Gasteiger partial charge is 0.362 e. The highest BCUT2D eigenvalue weighted by atomic mass is 35.5. The van der Waals surface area contributed by atoms with Crippen LogP contribution in [0.5, 0.6) is 0 Å². The number of benzodiazepines with no additional fused rings is 1. The highest BCUT2D eigenvalue weighted by Crippen LogP contribution is 2.31. The molecule has 0 saturated heterocycles. The Kier molecular flexibility index (Phi) is 8.00. The summed E-state index contributed by atoms with van der Waals surface area (Å²) in [4.78, 5) is 21.8. The SMILES string of the molecule is CN(C)CC(C)(C)CNC(=S)NC1N=C(c2ccccc2Cl)c2cc(Cl)ccc2N(C)C1=O. The number of carbonyl (C=O) groups excluding carboxylic acids is 1. The summed E-state index contributed by atoms with van der Waals surface area (Å²) in [6.45, 7) is 5.84. The fraction of sp³-hybridized carbons (Fsp3) is 0.375. The molecule has 1 aliphatic heterocycles. The van der Waals surface area contributed by atoms with Crippen molar-refractivity contribution in [1.82, 2.24) is 15.5 Å². The molecule has 2 aromatic carbocycles. The lowest BCUT2D eigenvalue weighted by Gasteiger charge is -2.29. The number of anilines is 1. The minimum Gasteiger partial charge on any atom is -0.362 e. The summed E-state index contributed by atoms with van der Waals surface area (Å²) in [7, 11) is 5.78.